The van der Waals surface area contributed by atoms with E-state index >= 15 is 4.39 Å². The molecule has 1 unspecified atom stereocenters. The molecule has 0 aliphatic heterocycles. The minimum Gasteiger partial charge on any atom is -0.480 e. The molecule has 11 nitrogen and oxygen atoms in total. The van der Waals surface area contributed by atoms with Crippen molar-refractivity contribution >= 4 is 51.0 Å². The van der Waals surface area contributed by atoms with Gasteiger partial charge in [0.2, 0.25) is 15.8 Å². The minimum atomic E-state index is -4.32. The molecule has 1 aromatic heterocycles. The van der Waals surface area contributed by atoms with Crippen LogP contribution < -0.4 is 10.0 Å². The number of carboxylic acid groups (broad SMARTS) is 1. The van der Waals surface area contributed by atoms with Crippen LogP contribution in [0.5, 0.6) is 0 Å². The largest absolute Gasteiger partial charge is 0.480 e. The molecule has 0 fully saturated rings. The lowest BCUT2D eigenvalue weighted by Gasteiger charge is -2.19. The van der Waals surface area contributed by atoms with Crippen molar-refractivity contribution < 1.29 is 36.8 Å². The Balaban J connectivity index is 1.46. The van der Waals surface area contributed by atoms with Gasteiger partial charge in [-0.2, -0.15) is 9.71 Å². The number of hydrogen-bond acceptors (Lipinski definition) is 8. The van der Waals surface area contributed by atoms with Gasteiger partial charge >= 0.3 is 12.1 Å². The molecule has 4 aromatic rings. The van der Waals surface area contributed by atoms with Crippen molar-refractivity contribution in [2.24, 2.45) is 0 Å². The average Bonchev–Trinajstić information content (AvgIpc) is 3.37. The lowest BCUT2D eigenvalue weighted by Crippen LogP contribution is -2.42. The van der Waals surface area contributed by atoms with Crippen LogP contribution in [-0.4, -0.2) is 47.4 Å². The molecule has 43 heavy (non-hydrogen) atoms. The summed E-state index contributed by atoms with van der Waals surface area (Å²) in [5.41, 5.74) is 0.487. The zero-order valence-electron chi connectivity index (χ0n) is 22.9. The van der Waals surface area contributed by atoms with E-state index in [1.165, 1.54) is 18.2 Å². The Hall–Kier alpha value is -4.04. The van der Waals surface area contributed by atoms with Gasteiger partial charge < -0.3 is 14.4 Å². The Morgan fingerprint density at radius 1 is 1.05 bits per heavy atom. The lowest BCUT2D eigenvalue weighted by atomic mass is 10.0. The van der Waals surface area contributed by atoms with Gasteiger partial charge in [-0.25, -0.2) is 17.6 Å². The fourth-order valence-corrected chi connectivity index (χ4v) is 5.70. The summed E-state index contributed by atoms with van der Waals surface area (Å²) in [6.45, 7) is 5.24. The molecule has 0 saturated heterocycles. The number of halogens is 3. The van der Waals surface area contributed by atoms with E-state index in [0.717, 1.165) is 18.2 Å². The van der Waals surface area contributed by atoms with Crippen molar-refractivity contribution in [3.05, 3.63) is 82.1 Å². The molecule has 0 saturated carbocycles. The van der Waals surface area contributed by atoms with Crippen molar-refractivity contribution in [3.63, 3.8) is 0 Å². The summed E-state index contributed by atoms with van der Waals surface area (Å²) in [6, 6.07) is 12.2. The normalized spacial score (nSPS) is 12.5. The molecule has 0 aliphatic rings. The number of ether oxygens (including phenoxy) is 1. The van der Waals surface area contributed by atoms with E-state index in [4.69, 9.17) is 32.5 Å². The summed E-state index contributed by atoms with van der Waals surface area (Å²) >= 11 is 11.7. The highest BCUT2D eigenvalue weighted by Gasteiger charge is 2.27. The first kappa shape index (κ1) is 31.9. The second-order valence-electron chi connectivity index (χ2n) is 10.3. The number of hydrogen-bond donors (Lipinski definition) is 3. The van der Waals surface area contributed by atoms with Crippen LogP contribution in [0.2, 0.25) is 10.0 Å². The van der Waals surface area contributed by atoms with Crippen LogP contribution in [0.1, 0.15) is 26.3 Å². The van der Waals surface area contributed by atoms with Crippen LogP contribution in [0.25, 0.3) is 22.8 Å². The number of aliphatic carboxylic acids is 1. The number of anilines is 1. The third-order valence-electron chi connectivity index (χ3n) is 5.66. The van der Waals surface area contributed by atoms with Crippen molar-refractivity contribution in [3.8, 4) is 22.8 Å². The number of aromatic nitrogens is 2. The summed E-state index contributed by atoms with van der Waals surface area (Å²) in [7, 11) is -4.32. The van der Waals surface area contributed by atoms with Gasteiger partial charge in [0.1, 0.15) is 17.5 Å². The van der Waals surface area contributed by atoms with Crippen LogP contribution in [0.15, 0.2) is 70.1 Å². The summed E-state index contributed by atoms with van der Waals surface area (Å²) in [5, 5.41) is 16.2. The van der Waals surface area contributed by atoms with Crippen LogP contribution in [0.4, 0.5) is 14.9 Å². The van der Waals surface area contributed by atoms with Gasteiger partial charge in [0, 0.05) is 21.3 Å². The van der Waals surface area contributed by atoms with Crippen molar-refractivity contribution in [1.29, 1.82) is 0 Å². The lowest BCUT2D eigenvalue weighted by molar-refractivity contribution is -0.138. The zero-order valence-corrected chi connectivity index (χ0v) is 25.2. The van der Waals surface area contributed by atoms with Gasteiger partial charge in [-0.15, -0.1) is 0 Å². The zero-order chi connectivity index (χ0) is 31.5. The van der Waals surface area contributed by atoms with Gasteiger partial charge in [-0.3, -0.25) is 10.1 Å². The van der Waals surface area contributed by atoms with E-state index < -0.39 is 39.5 Å². The molecule has 0 aliphatic carbocycles. The molecule has 1 amide bonds. The predicted octanol–water partition coefficient (Wildman–Crippen LogP) is 6.17. The maximum atomic E-state index is 15.1. The Bertz CT molecular complexity index is 1750. The van der Waals surface area contributed by atoms with Gasteiger partial charge in [-0.1, -0.05) is 34.4 Å². The predicted molar refractivity (Wildman–Crippen MR) is 157 cm³/mol. The smallest absolute Gasteiger partial charge is 0.412 e. The molecule has 0 bridgehead atoms. The summed E-state index contributed by atoms with van der Waals surface area (Å²) in [5.74, 6) is -2.24. The molecular formula is C28H25Cl2FN4O7S. The highest BCUT2D eigenvalue weighted by molar-refractivity contribution is 7.89. The van der Waals surface area contributed by atoms with Crippen LogP contribution >= 0.6 is 23.2 Å². The molecular weight excluding hydrogens is 626 g/mol. The summed E-state index contributed by atoms with van der Waals surface area (Å²) in [4.78, 5) is 27.7. The molecule has 226 valence electrons. The average molecular weight is 652 g/mol. The first-order chi connectivity index (χ1) is 20.1. The maximum absolute atomic E-state index is 15.1. The van der Waals surface area contributed by atoms with Gasteiger partial charge in [0.15, 0.2) is 0 Å². The van der Waals surface area contributed by atoms with E-state index in [9.17, 15) is 23.1 Å². The summed E-state index contributed by atoms with van der Waals surface area (Å²) in [6.07, 6.45) is -0.987. The van der Waals surface area contributed by atoms with E-state index in [2.05, 4.69) is 20.2 Å². The van der Waals surface area contributed by atoms with Crippen LogP contribution in [-0.2, 0) is 26.0 Å². The standard InChI is InChI=1S/C28H25Cl2FN4O7S/c1-28(2,3)41-27(38)32-19-7-5-16(6-8-19)25-33-24(34-42-25)21-9-4-15(10-22(21)31)11-23(26(36)37)35-43(39,40)20-13-17(29)12-18(30)14-20/h4-10,12-14,23,35H,11H2,1-3H3,(H,32,38)(H,36,37). The number of benzene rings is 3. The third kappa shape index (κ3) is 8.51. The number of sulfonamides is 1. The Morgan fingerprint density at radius 3 is 2.28 bits per heavy atom. The number of carboxylic acids is 1. The topological polar surface area (TPSA) is 161 Å². The number of carbonyl (C=O) groups is 2. The molecule has 3 aromatic carbocycles. The second kappa shape index (κ2) is 12.7. The SMILES string of the molecule is CC(C)(C)OC(=O)Nc1ccc(-c2nc(-c3ccc(CC(NS(=O)(=O)c4cc(Cl)cc(Cl)c4)C(=O)O)cc3F)no2)cc1. The Kier molecular flexibility index (Phi) is 9.40. The molecule has 1 heterocycles. The van der Waals surface area contributed by atoms with E-state index in [-0.39, 0.29) is 44.2 Å². The molecule has 3 N–H and O–H groups in total. The minimum absolute atomic E-state index is 0.0250. The van der Waals surface area contributed by atoms with Crippen LogP contribution in [0.3, 0.4) is 0 Å². The first-order valence-corrected chi connectivity index (χ1v) is 14.8. The van der Waals surface area contributed by atoms with Gasteiger partial charge in [0.05, 0.1) is 10.5 Å². The quantitative estimate of drug-likeness (QED) is 0.192. The number of carbonyl (C=O) groups excluding carboxylic acids is 1. The number of rotatable bonds is 9. The molecule has 15 heteroatoms. The van der Waals surface area contributed by atoms with Crippen molar-refractivity contribution in [2.75, 3.05) is 5.32 Å². The summed E-state index contributed by atoms with van der Waals surface area (Å²) < 4.78 is 53.2. The Morgan fingerprint density at radius 2 is 1.70 bits per heavy atom. The fourth-order valence-electron chi connectivity index (χ4n) is 3.79. The first-order valence-electron chi connectivity index (χ1n) is 12.5. The Labute approximate surface area is 256 Å². The van der Waals surface area contributed by atoms with E-state index in [1.807, 2.05) is 0 Å². The van der Waals surface area contributed by atoms with Gasteiger partial charge in [0.25, 0.3) is 5.89 Å². The monoisotopic (exact) mass is 650 g/mol. The molecule has 0 radical (unpaired) electrons. The highest BCUT2D eigenvalue weighted by Crippen LogP contribution is 2.27. The molecule has 1 atom stereocenters. The van der Waals surface area contributed by atoms with Crippen molar-refractivity contribution in [2.45, 2.75) is 43.7 Å². The number of nitrogens with zero attached hydrogens (tertiary/aromatic N) is 2. The fraction of sp³-hybridized carbons (Fsp3) is 0.214. The molecule has 4 rings (SSSR count). The second-order valence-corrected chi connectivity index (χ2v) is 12.8. The van der Waals surface area contributed by atoms with Crippen LogP contribution in [0, 0.1) is 5.82 Å². The van der Waals surface area contributed by atoms with E-state index in [0.29, 0.717) is 11.3 Å². The maximum Gasteiger partial charge on any atom is 0.412 e. The number of nitrogens with one attached hydrogen (secondary N) is 2. The van der Waals surface area contributed by atoms with E-state index in [1.54, 1.807) is 45.0 Å². The third-order valence-corrected chi connectivity index (χ3v) is 7.55. The van der Waals surface area contributed by atoms with Crippen molar-refractivity contribution in [1.82, 2.24) is 14.9 Å². The number of amides is 1. The van der Waals surface area contributed by atoms with Gasteiger partial charge in [-0.05, 0) is 87.4 Å². The highest BCUT2D eigenvalue weighted by atomic mass is 35.5. The molecule has 0 spiro atoms.